The molecule has 0 atom stereocenters. The van der Waals surface area contributed by atoms with E-state index in [0.29, 0.717) is 20.8 Å². The largest absolute Gasteiger partial charge is 0.224 e. The van der Waals surface area contributed by atoms with E-state index in [2.05, 4.69) is 15.9 Å². The van der Waals surface area contributed by atoms with E-state index in [1.165, 1.54) is 12.1 Å². The van der Waals surface area contributed by atoms with Crippen LogP contribution in [0.2, 0.25) is 5.02 Å². The van der Waals surface area contributed by atoms with Gasteiger partial charge in [-0.05, 0) is 40.5 Å². The quantitative estimate of drug-likeness (QED) is 0.858. The molecule has 1 rings (SSSR count). The summed E-state index contributed by atoms with van der Waals surface area (Å²) in [4.78, 5) is 0.315. The molecule has 0 radical (unpaired) electrons. The summed E-state index contributed by atoms with van der Waals surface area (Å²) >= 11 is 8.96. The molecule has 1 aromatic rings. The van der Waals surface area contributed by atoms with Crippen molar-refractivity contribution >= 4 is 37.4 Å². The van der Waals surface area contributed by atoms with Crippen LogP contribution in [0.1, 0.15) is 13.3 Å². The molecule has 0 saturated heterocycles. The van der Waals surface area contributed by atoms with Gasteiger partial charge in [-0.1, -0.05) is 18.5 Å². The second-order valence-corrected chi connectivity index (χ2v) is 6.27. The lowest BCUT2D eigenvalue weighted by atomic mass is 10.4. The Hall–Kier alpha value is -0.0600. The molecule has 0 unspecified atom stereocenters. The van der Waals surface area contributed by atoms with Crippen LogP contribution >= 0.6 is 27.5 Å². The maximum absolute atomic E-state index is 11.6. The highest BCUT2D eigenvalue weighted by atomic mass is 79.9. The number of hydrogen-bond donors (Lipinski definition) is 0. The Morgan fingerprint density at radius 3 is 2.57 bits per heavy atom. The summed E-state index contributed by atoms with van der Waals surface area (Å²) in [5, 5.41) is 0.514. The Balaban J connectivity index is 3.15. The van der Waals surface area contributed by atoms with Gasteiger partial charge in [0.1, 0.15) is 0 Å². The monoisotopic (exact) mass is 296 g/mol. The zero-order chi connectivity index (χ0) is 10.8. The van der Waals surface area contributed by atoms with Crippen LogP contribution in [-0.4, -0.2) is 14.2 Å². The van der Waals surface area contributed by atoms with E-state index in [9.17, 15) is 8.42 Å². The fraction of sp³-hybridized carbons (Fsp3) is 0.333. The third-order valence-electron chi connectivity index (χ3n) is 1.72. The third-order valence-corrected chi connectivity index (χ3v) is 4.85. The van der Waals surface area contributed by atoms with Gasteiger partial charge in [0.2, 0.25) is 0 Å². The van der Waals surface area contributed by atoms with E-state index in [1.807, 2.05) is 6.92 Å². The Bertz CT molecular complexity index is 428. The van der Waals surface area contributed by atoms with Crippen molar-refractivity contribution in [3.05, 3.63) is 27.7 Å². The molecule has 0 aliphatic heterocycles. The van der Waals surface area contributed by atoms with Crippen molar-refractivity contribution in [1.29, 1.82) is 0 Å². The molecule has 0 amide bonds. The molecule has 0 aliphatic rings. The van der Waals surface area contributed by atoms with Gasteiger partial charge < -0.3 is 0 Å². The van der Waals surface area contributed by atoms with E-state index < -0.39 is 9.84 Å². The van der Waals surface area contributed by atoms with Gasteiger partial charge in [0.05, 0.1) is 15.7 Å². The van der Waals surface area contributed by atoms with E-state index in [0.717, 1.165) is 0 Å². The van der Waals surface area contributed by atoms with Gasteiger partial charge >= 0.3 is 0 Å². The highest BCUT2D eigenvalue weighted by Crippen LogP contribution is 2.25. The molecule has 0 fully saturated rings. The second kappa shape index (κ2) is 4.64. The summed E-state index contributed by atoms with van der Waals surface area (Å²) in [5.74, 6) is 0.168. The number of halogens is 2. The Labute approximate surface area is 97.3 Å². The maximum atomic E-state index is 11.6. The predicted molar refractivity (Wildman–Crippen MR) is 61.5 cm³/mol. The van der Waals surface area contributed by atoms with Crippen molar-refractivity contribution in [2.45, 2.75) is 18.2 Å². The van der Waals surface area contributed by atoms with Crippen LogP contribution in [0.4, 0.5) is 0 Å². The number of sulfone groups is 1. The first kappa shape index (κ1) is 12.0. The van der Waals surface area contributed by atoms with Crippen LogP contribution < -0.4 is 0 Å². The lowest BCUT2D eigenvalue weighted by Gasteiger charge is -2.03. The molecular formula is C9H10BrClO2S. The van der Waals surface area contributed by atoms with Crippen LogP contribution in [0.5, 0.6) is 0 Å². The first-order valence-electron chi connectivity index (χ1n) is 4.15. The van der Waals surface area contributed by atoms with Crippen LogP contribution in [0.3, 0.4) is 0 Å². The fourth-order valence-electron chi connectivity index (χ4n) is 1.06. The Morgan fingerprint density at radius 2 is 2.07 bits per heavy atom. The highest BCUT2D eigenvalue weighted by molar-refractivity contribution is 9.10. The minimum Gasteiger partial charge on any atom is -0.224 e. The van der Waals surface area contributed by atoms with Crippen molar-refractivity contribution in [2.75, 3.05) is 5.75 Å². The van der Waals surface area contributed by atoms with Crippen molar-refractivity contribution < 1.29 is 8.42 Å². The summed E-state index contributed by atoms with van der Waals surface area (Å²) in [6.45, 7) is 1.84. The minimum absolute atomic E-state index is 0.168. The van der Waals surface area contributed by atoms with Crippen LogP contribution in [-0.2, 0) is 9.84 Å². The smallest absolute Gasteiger partial charge is 0.178 e. The summed E-state index contributed by atoms with van der Waals surface area (Å²) in [7, 11) is -3.14. The van der Waals surface area contributed by atoms with Gasteiger partial charge in [0.15, 0.2) is 9.84 Å². The molecule has 0 aromatic heterocycles. The molecule has 0 bridgehead atoms. The van der Waals surface area contributed by atoms with Crippen molar-refractivity contribution in [3.8, 4) is 0 Å². The molecular weight excluding hydrogens is 288 g/mol. The van der Waals surface area contributed by atoms with Crippen LogP contribution in [0, 0.1) is 0 Å². The zero-order valence-electron chi connectivity index (χ0n) is 7.63. The molecule has 0 saturated carbocycles. The summed E-state index contributed by atoms with van der Waals surface area (Å²) in [5.41, 5.74) is 0. The summed E-state index contributed by atoms with van der Waals surface area (Å²) in [6.07, 6.45) is 0.614. The second-order valence-electron chi connectivity index (χ2n) is 2.89. The Morgan fingerprint density at radius 1 is 1.43 bits per heavy atom. The number of rotatable bonds is 3. The van der Waals surface area contributed by atoms with Gasteiger partial charge in [-0.2, -0.15) is 0 Å². The lowest BCUT2D eigenvalue weighted by Crippen LogP contribution is -2.05. The standard InChI is InChI=1S/C9H10BrClO2S/c1-2-5-14(12,13)7-3-4-9(11)8(10)6-7/h3-4,6H,2,5H2,1H3. The van der Waals surface area contributed by atoms with E-state index in [-0.39, 0.29) is 5.75 Å². The molecule has 1 aromatic carbocycles. The molecule has 78 valence electrons. The lowest BCUT2D eigenvalue weighted by molar-refractivity contribution is 0.594. The van der Waals surface area contributed by atoms with Crippen molar-refractivity contribution in [1.82, 2.24) is 0 Å². The molecule has 5 heteroatoms. The average Bonchev–Trinajstić information content (AvgIpc) is 2.09. The molecule has 2 nitrogen and oxygen atoms in total. The molecule has 0 heterocycles. The summed E-state index contributed by atoms with van der Waals surface area (Å²) in [6, 6.07) is 4.64. The minimum atomic E-state index is -3.14. The Kier molecular flexibility index (Phi) is 3.98. The third kappa shape index (κ3) is 2.72. The van der Waals surface area contributed by atoms with Crippen LogP contribution in [0.15, 0.2) is 27.6 Å². The SMILES string of the molecule is CCCS(=O)(=O)c1ccc(Cl)c(Br)c1. The zero-order valence-corrected chi connectivity index (χ0v) is 10.8. The highest BCUT2D eigenvalue weighted by Gasteiger charge is 2.13. The number of benzene rings is 1. The molecule has 14 heavy (non-hydrogen) atoms. The van der Waals surface area contributed by atoms with Gasteiger partial charge in [0, 0.05) is 4.47 Å². The normalized spacial score (nSPS) is 11.6. The first-order chi connectivity index (χ1) is 6.47. The summed E-state index contributed by atoms with van der Waals surface area (Å²) < 4.78 is 23.9. The first-order valence-corrected chi connectivity index (χ1v) is 6.97. The van der Waals surface area contributed by atoms with Gasteiger partial charge in [-0.3, -0.25) is 0 Å². The molecule has 0 N–H and O–H groups in total. The van der Waals surface area contributed by atoms with Gasteiger partial charge in [-0.15, -0.1) is 0 Å². The van der Waals surface area contributed by atoms with E-state index in [1.54, 1.807) is 6.07 Å². The van der Waals surface area contributed by atoms with Gasteiger partial charge in [-0.25, -0.2) is 8.42 Å². The molecule has 0 aliphatic carbocycles. The topological polar surface area (TPSA) is 34.1 Å². The average molecular weight is 298 g/mol. The van der Waals surface area contributed by atoms with Gasteiger partial charge in [0.25, 0.3) is 0 Å². The number of hydrogen-bond acceptors (Lipinski definition) is 2. The fourth-order valence-corrected chi connectivity index (χ4v) is 3.05. The van der Waals surface area contributed by atoms with Crippen LogP contribution in [0.25, 0.3) is 0 Å². The molecule has 0 spiro atoms. The van der Waals surface area contributed by atoms with Crippen molar-refractivity contribution in [2.24, 2.45) is 0 Å². The van der Waals surface area contributed by atoms with E-state index >= 15 is 0 Å². The predicted octanol–water partition coefficient (Wildman–Crippen LogP) is 3.29. The van der Waals surface area contributed by atoms with Crippen molar-refractivity contribution in [3.63, 3.8) is 0 Å². The van der Waals surface area contributed by atoms with E-state index in [4.69, 9.17) is 11.6 Å². The maximum Gasteiger partial charge on any atom is 0.178 e.